The van der Waals surface area contributed by atoms with E-state index in [0.29, 0.717) is 5.92 Å². The van der Waals surface area contributed by atoms with Gasteiger partial charge in [-0.3, -0.25) is 0 Å². The third kappa shape index (κ3) is 12.3. The molecule has 0 radical (unpaired) electrons. The first-order chi connectivity index (χ1) is 9.24. The van der Waals surface area contributed by atoms with Crippen LogP contribution < -0.4 is 0 Å². The minimum absolute atomic E-state index is 0.318. The van der Waals surface area contributed by atoms with E-state index in [9.17, 15) is 0 Å². The largest absolute Gasteiger partial charge is 0.198 e. The van der Waals surface area contributed by atoms with E-state index in [0.717, 1.165) is 25.2 Å². The average Bonchev–Trinajstić information content (AvgIpc) is 2.41. The molecule has 0 aliphatic carbocycles. The fraction of sp³-hybridized carbons (Fsp3) is 0.944. The van der Waals surface area contributed by atoms with Crippen molar-refractivity contribution >= 4 is 0 Å². The summed E-state index contributed by atoms with van der Waals surface area (Å²) in [4.78, 5) is 0. The molecule has 2 atom stereocenters. The Morgan fingerprint density at radius 2 is 1.32 bits per heavy atom. The molecule has 0 aromatic heterocycles. The zero-order valence-corrected chi connectivity index (χ0v) is 13.6. The summed E-state index contributed by atoms with van der Waals surface area (Å²) in [5.74, 6) is 1.23. The topological polar surface area (TPSA) is 23.8 Å². The second-order valence-corrected chi connectivity index (χ2v) is 6.21. The molecule has 19 heavy (non-hydrogen) atoms. The quantitative estimate of drug-likeness (QED) is 0.349. The lowest BCUT2D eigenvalue weighted by Gasteiger charge is -2.11. The molecule has 0 heterocycles. The van der Waals surface area contributed by atoms with Crippen molar-refractivity contribution in [3.05, 3.63) is 0 Å². The van der Waals surface area contributed by atoms with E-state index >= 15 is 0 Å². The third-order valence-corrected chi connectivity index (χ3v) is 4.12. The van der Waals surface area contributed by atoms with Crippen LogP contribution in [0.5, 0.6) is 0 Å². The van der Waals surface area contributed by atoms with Crippen molar-refractivity contribution < 1.29 is 0 Å². The summed E-state index contributed by atoms with van der Waals surface area (Å²) in [5.41, 5.74) is 0. The van der Waals surface area contributed by atoms with Gasteiger partial charge in [0.1, 0.15) is 0 Å². The molecule has 2 unspecified atom stereocenters. The SMILES string of the molecule is CCCCCC(C)CCCCCCC(C#N)CCC. The fourth-order valence-corrected chi connectivity index (χ4v) is 2.75. The van der Waals surface area contributed by atoms with E-state index in [-0.39, 0.29) is 0 Å². The third-order valence-electron chi connectivity index (χ3n) is 4.12. The smallest absolute Gasteiger partial charge is 0.0655 e. The molecule has 0 aromatic rings. The molecule has 0 saturated carbocycles. The Hall–Kier alpha value is -0.510. The molecule has 0 aromatic carbocycles. The highest BCUT2D eigenvalue weighted by Gasteiger charge is 2.05. The molecular formula is C18H35N. The predicted molar refractivity (Wildman–Crippen MR) is 85.0 cm³/mol. The second kappa shape index (κ2) is 13.9. The van der Waals surface area contributed by atoms with Crippen molar-refractivity contribution in [3.8, 4) is 6.07 Å². The molecule has 0 aliphatic heterocycles. The maximum atomic E-state index is 8.99. The lowest BCUT2D eigenvalue weighted by molar-refractivity contribution is 0.431. The van der Waals surface area contributed by atoms with E-state index in [2.05, 4.69) is 26.8 Å². The van der Waals surface area contributed by atoms with Crippen molar-refractivity contribution in [1.82, 2.24) is 0 Å². The van der Waals surface area contributed by atoms with Gasteiger partial charge in [0.25, 0.3) is 0 Å². The Labute approximate surface area is 121 Å². The van der Waals surface area contributed by atoms with Crippen LogP contribution in [0.3, 0.4) is 0 Å². The highest BCUT2D eigenvalue weighted by atomic mass is 14.3. The van der Waals surface area contributed by atoms with Crippen LogP contribution in [0.15, 0.2) is 0 Å². The summed E-state index contributed by atoms with van der Waals surface area (Å²) in [6.07, 6.45) is 15.7. The highest BCUT2D eigenvalue weighted by Crippen LogP contribution is 2.19. The van der Waals surface area contributed by atoms with Gasteiger partial charge < -0.3 is 0 Å². The van der Waals surface area contributed by atoms with Gasteiger partial charge in [0.05, 0.1) is 6.07 Å². The maximum absolute atomic E-state index is 8.99. The molecule has 0 spiro atoms. The fourth-order valence-electron chi connectivity index (χ4n) is 2.75. The summed E-state index contributed by atoms with van der Waals surface area (Å²) in [7, 11) is 0. The molecule has 0 bridgehead atoms. The van der Waals surface area contributed by atoms with Crippen LogP contribution in [0, 0.1) is 23.2 Å². The summed E-state index contributed by atoms with van der Waals surface area (Å²) in [5, 5.41) is 8.99. The van der Waals surface area contributed by atoms with Gasteiger partial charge in [-0.05, 0) is 18.8 Å². The molecule has 112 valence electrons. The molecule has 0 rings (SSSR count). The number of unbranched alkanes of at least 4 members (excludes halogenated alkanes) is 5. The lowest BCUT2D eigenvalue weighted by Crippen LogP contribution is -1.97. The zero-order valence-electron chi connectivity index (χ0n) is 13.6. The molecule has 0 aliphatic rings. The molecule has 0 N–H and O–H groups in total. The van der Waals surface area contributed by atoms with Crippen LogP contribution in [0.4, 0.5) is 0 Å². The Bertz CT molecular complexity index is 216. The number of rotatable bonds is 13. The van der Waals surface area contributed by atoms with Gasteiger partial charge in [-0.1, -0.05) is 85.0 Å². The van der Waals surface area contributed by atoms with E-state index in [1.165, 1.54) is 57.8 Å². The normalized spacial score (nSPS) is 14.0. The Balaban J connectivity index is 3.32. The summed E-state index contributed by atoms with van der Waals surface area (Å²) in [6.45, 7) is 6.85. The van der Waals surface area contributed by atoms with Crippen molar-refractivity contribution in [2.75, 3.05) is 0 Å². The van der Waals surface area contributed by atoms with Crippen LogP contribution >= 0.6 is 0 Å². The summed E-state index contributed by atoms with van der Waals surface area (Å²) in [6, 6.07) is 2.44. The lowest BCUT2D eigenvalue weighted by atomic mass is 9.95. The van der Waals surface area contributed by atoms with Gasteiger partial charge in [-0.15, -0.1) is 0 Å². The predicted octanol–water partition coefficient (Wildman–Crippen LogP) is 6.48. The number of hydrogen-bond donors (Lipinski definition) is 0. The standard InChI is InChI=1S/C18H35N/c1-4-6-9-13-17(3)14-10-7-8-11-15-18(16-19)12-5-2/h17-18H,4-15H2,1-3H3. The first-order valence-corrected chi connectivity index (χ1v) is 8.64. The van der Waals surface area contributed by atoms with Crippen LogP contribution in [-0.4, -0.2) is 0 Å². The van der Waals surface area contributed by atoms with E-state index in [1.807, 2.05) is 0 Å². The molecule has 0 saturated heterocycles. The van der Waals surface area contributed by atoms with Gasteiger partial charge in [-0.2, -0.15) is 5.26 Å². The van der Waals surface area contributed by atoms with Gasteiger partial charge in [-0.25, -0.2) is 0 Å². The van der Waals surface area contributed by atoms with E-state index < -0.39 is 0 Å². The van der Waals surface area contributed by atoms with Gasteiger partial charge in [0, 0.05) is 5.92 Å². The number of nitrogens with zero attached hydrogens (tertiary/aromatic N) is 1. The van der Waals surface area contributed by atoms with Crippen molar-refractivity contribution in [2.24, 2.45) is 11.8 Å². The Morgan fingerprint density at radius 3 is 1.84 bits per heavy atom. The monoisotopic (exact) mass is 265 g/mol. The highest BCUT2D eigenvalue weighted by molar-refractivity contribution is 4.81. The van der Waals surface area contributed by atoms with Crippen LogP contribution in [0.2, 0.25) is 0 Å². The maximum Gasteiger partial charge on any atom is 0.0655 e. The van der Waals surface area contributed by atoms with E-state index in [4.69, 9.17) is 5.26 Å². The Morgan fingerprint density at radius 1 is 0.737 bits per heavy atom. The summed E-state index contributed by atoms with van der Waals surface area (Å²) >= 11 is 0. The molecule has 0 fully saturated rings. The average molecular weight is 265 g/mol. The van der Waals surface area contributed by atoms with Crippen molar-refractivity contribution in [2.45, 2.75) is 97.8 Å². The molecule has 0 amide bonds. The van der Waals surface area contributed by atoms with Gasteiger partial charge in [0.2, 0.25) is 0 Å². The summed E-state index contributed by atoms with van der Waals surface area (Å²) < 4.78 is 0. The van der Waals surface area contributed by atoms with Crippen LogP contribution in [-0.2, 0) is 0 Å². The van der Waals surface area contributed by atoms with Crippen molar-refractivity contribution in [3.63, 3.8) is 0 Å². The second-order valence-electron chi connectivity index (χ2n) is 6.21. The zero-order chi connectivity index (χ0) is 14.3. The van der Waals surface area contributed by atoms with Crippen LogP contribution in [0.1, 0.15) is 97.8 Å². The molecule has 1 nitrogen and oxygen atoms in total. The first-order valence-electron chi connectivity index (χ1n) is 8.64. The van der Waals surface area contributed by atoms with Crippen LogP contribution in [0.25, 0.3) is 0 Å². The number of hydrogen-bond acceptors (Lipinski definition) is 1. The Kier molecular flexibility index (Phi) is 13.5. The van der Waals surface area contributed by atoms with Crippen molar-refractivity contribution in [1.29, 1.82) is 5.26 Å². The first kappa shape index (κ1) is 18.5. The molecular weight excluding hydrogens is 230 g/mol. The van der Waals surface area contributed by atoms with Gasteiger partial charge in [0.15, 0.2) is 0 Å². The minimum Gasteiger partial charge on any atom is -0.198 e. The number of nitriles is 1. The van der Waals surface area contributed by atoms with Gasteiger partial charge >= 0.3 is 0 Å². The van der Waals surface area contributed by atoms with E-state index in [1.54, 1.807) is 0 Å². The molecule has 1 heteroatoms. The minimum atomic E-state index is 0.318.